The van der Waals surface area contributed by atoms with Gasteiger partial charge in [-0.25, -0.2) is 9.97 Å². The lowest BCUT2D eigenvalue weighted by atomic mass is 9.99. The van der Waals surface area contributed by atoms with Gasteiger partial charge in [-0.15, -0.1) is 0 Å². The standard InChI is InChI=1S/C16H27ClN4O/c1-9(2)12(14(22)21-16(3,4)5)19-13-10-7-6-8-11(10)18-15(17)20-13/h9,12,14,21-22H,6-8H2,1-5H3,(H,18,19,20)/t12-,14?/m1/s1. The molecule has 0 saturated carbocycles. The third-order valence-corrected chi connectivity index (χ3v) is 4.02. The van der Waals surface area contributed by atoms with E-state index in [2.05, 4.69) is 34.4 Å². The highest BCUT2D eigenvalue weighted by molar-refractivity contribution is 6.28. The Balaban J connectivity index is 2.22. The Morgan fingerprint density at radius 2 is 1.86 bits per heavy atom. The van der Waals surface area contributed by atoms with E-state index in [0.717, 1.165) is 36.3 Å². The van der Waals surface area contributed by atoms with Crippen molar-refractivity contribution in [2.45, 2.75) is 71.7 Å². The van der Waals surface area contributed by atoms with Crippen LogP contribution in [0.4, 0.5) is 5.82 Å². The molecular weight excluding hydrogens is 300 g/mol. The van der Waals surface area contributed by atoms with E-state index < -0.39 is 6.23 Å². The summed E-state index contributed by atoms with van der Waals surface area (Å²) in [5.74, 6) is 0.997. The third-order valence-electron chi connectivity index (χ3n) is 3.85. The van der Waals surface area contributed by atoms with Crippen molar-refractivity contribution in [3.63, 3.8) is 0 Å². The molecule has 1 aromatic rings. The minimum atomic E-state index is -0.675. The van der Waals surface area contributed by atoms with Gasteiger partial charge in [-0.1, -0.05) is 13.8 Å². The van der Waals surface area contributed by atoms with Crippen LogP contribution in [-0.4, -0.2) is 32.9 Å². The van der Waals surface area contributed by atoms with Gasteiger partial charge < -0.3 is 10.4 Å². The molecule has 2 atom stereocenters. The second kappa shape index (κ2) is 6.69. The van der Waals surface area contributed by atoms with E-state index in [1.54, 1.807) is 0 Å². The van der Waals surface area contributed by atoms with Crippen LogP contribution in [0.1, 0.15) is 52.3 Å². The summed E-state index contributed by atoms with van der Waals surface area (Å²) in [7, 11) is 0. The number of nitrogens with zero attached hydrogens (tertiary/aromatic N) is 2. The van der Waals surface area contributed by atoms with Crippen molar-refractivity contribution in [1.82, 2.24) is 15.3 Å². The van der Waals surface area contributed by atoms with Crippen LogP contribution in [0.3, 0.4) is 0 Å². The second-order valence-corrected chi connectivity index (χ2v) is 7.71. The van der Waals surface area contributed by atoms with Crippen LogP contribution in [0.15, 0.2) is 0 Å². The van der Waals surface area contributed by atoms with Gasteiger partial charge in [-0.3, -0.25) is 5.32 Å². The molecule has 1 heterocycles. The smallest absolute Gasteiger partial charge is 0.224 e. The molecule has 1 aromatic heterocycles. The Hall–Kier alpha value is -0.910. The average molecular weight is 327 g/mol. The molecule has 0 bridgehead atoms. The summed E-state index contributed by atoms with van der Waals surface area (Å²) < 4.78 is 0. The lowest BCUT2D eigenvalue weighted by Gasteiger charge is -2.34. The maximum Gasteiger partial charge on any atom is 0.224 e. The van der Waals surface area contributed by atoms with E-state index in [-0.39, 0.29) is 22.8 Å². The molecule has 1 aliphatic rings. The van der Waals surface area contributed by atoms with Gasteiger partial charge in [0.15, 0.2) is 0 Å². The van der Waals surface area contributed by atoms with Crippen molar-refractivity contribution >= 4 is 17.4 Å². The zero-order valence-electron chi connectivity index (χ0n) is 14.1. The fraction of sp³-hybridized carbons (Fsp3) is 0.750. The normalized spacial score (nSPS) is 17.5. The van der Waals surface area contributed by atoms with Gasteiger partial charge in [0.1, 0.15) is 12.0 Å². The minimum Gasteiger partial charge on any atom is -0.376 e. The van der Waals surface area contributed by atoms with Crippen molar-refractivity contribution < 1.29 is 5.11 Å². The maximum atomic E-state index is 10.5. The zero-order valence-corrected chi connectivity index (χ0v) is 14.8. The molecule has 0 saturated heterocycles. The highest BCUT2D eigenvalue weighted by atomic mass is 35.5. The molecule has 0 aromatic carbocycles. The molecular formula is C16H27ClN4O. The first-order valence-electron chi connectivity index (χ1n) is 7.95. The molecule has 2 rings (SSSR count). The molecule has 0 spiro atoms. The number of rotatable bonds is 5. The van der Waals surface area contributed by atoms with Gasteiger partial charge >= 0.3 is 0 Å². The number of hydrogen-bond donors (Lipinski definition) is 3. The highest BCUT2D eigenvalue weighted by Gasteiger charge is 2.28. The van der Waals surface area contributed by atoms with Gasteiger partial charge in [-0.2, -0.15) is 0 Å². The Bertz CT molecular complexity index is 528. The number of aliphatic hydroxyl groups excluding tert-OH is 1. The van der Waals surface area contributed by atoms with E-state index >= 15 is 0 Å². The third kappa shape index (κ3) is 4.31. The van der Waals surface area contributed by atoms with Crippen LogP contribution in [0, 0.1) is 5.92 Å². The number of aliphatic hydroxyl groups is 1. The molecule has 124 valence electrons. The number of fused-ring (bicyclic) bond motifs is 1. The van der Waals surface area contributed by atoms with E-state index in [1.807, 2.05) is 20.8 Å². The fourth-order valence-electron chi connectivity index (χ4n) is 2.82. The molecule has 5 nitrogen and oxygen atoms in total. The van der Waals surface area contributed by atoms with Crippen LogP contribution in [-0.2, 0) is 12.8 Å². The number of anilines is 1. The lowest BCUT2D eigenvalue weighted by Crippen LogP contribution is -2.53. The SMILES string of the molecule is CC(C)[C@@H](Nc1nc(Cl)nc2c1CCC2)C(O)NC(C)(C)C. The molecule has 0 amide bonds. The number of nitrogens with one attached hydrogen (secondary N) is 2. The predicted molar refractivity (Wildman–Crippen MR) is 90.2 cm³/mol. The van der Waals surface area contributed by atoms with E-state index in [4.69, 9.17) is 11.6 Å². The molecule has 1 unspecified atom stereocenters. The number of aromatic nitrogens is 2. The van der Waals surface area contributed by atoms with E-state index in [0.29, 0.717) is 0 Å². The summed E-state index contributed by atoms with van der Waals surface area (Å²) >= 11 is 6.04. The summed E-state index contributed by atoms with van der Waals surface area (Å²) in [5, 5.41) is 17.4. The summed E-state index contributed by atoms with van der Waals surface area (Å²) in [5.41, 5.74) is 2.00. The molecule has 6 heteroatoms. The summed E-state index contributed by atoms with van der Waals surface area (Å²) in [6.07, 6.45) is 2.31. The van der Waals surface area contributed by atoms with Crippen LogP contribution in [0.25, 0.3) is 0 Å². The molecule has 1 aliphatic carbocycles. The number of hydrogen-bond acceptors (Lipinski definition) is 5. The summed E-state index contributed by atoms with van der Waals surface area (Å²) in [6.45, 7) is 10.3. The molecule has 22 heavy (non-hydrogen) atoms. The van der Waals surface area contributed by atoms with Crippen molar-refractivity contribution in [1.29, 1.82) is 0 Å². The van der Waals surface area contributed by atoms with Gasteiger partial charge in [0.2, 0.25) is 5.28 Å². The first-order chi connectivity index (χ1) is 10.2. The average Bonchev–Trinajstić information content (AvgIpc) is 2.80. The number of aryl methyl sites for hydroxylation is 1. The van der Waals surface area contributed by atoms with E-state index in [9.17, 15) is 5.11 Å². The second-order valence-electron chi connectivity index (χ2n) is 7.37. The van der Waals surface area contributed by atoms with E-state index in [1.165, 1.54) is 0 Å². The molecule has 0 aliphatic heterocycles. The van der Waals surface area contributed by atoms with Gasteiger partial charge in [0, 0.05) is 11.1 Å². The Labute approximate surface area is 137 Å². The maximum absolute atomic E-state index is 10.5. The lowest BCUT2D eigenvalue weighted by molar-refractivity contribution is 0.0734. The van der Waals surface area contributed by atoms with Crippen molar-refractivity contribution in [3.05, 3.63) is 16.5 Å². The molecule has 0 fully saturated rings. The van der Waals surface area contributed by atoms with Crippen LogP contribution >= 0.6 is 11.6 Å². The fourth-order valence-corrected chi connectivity index (χ4v) is 3.01. The Morgan fingerprint density at radius 3 is 2.45 bits per heavy atom. The quantitative estimate of drug-likeness (QED) is 0.573. The first-order valence-corrected chi connectivity index (χ1v) is 8.33. The Kier molecular flexibility index (Phi) is 5.30. The van der Waals surface area contributed by atoms with Gasteiger partial charge in [-0.05, 0) is 57.6 Å². The monoisotopic (exact) mass is 326 g/mol. The largest absolute Gasteiger partial charge is 0.376 e. The van der Waals surface area contributed by atoms with Crippen LogP contribution in [0.5, 0.6) is 0 Å². The highest BCUT2D eigenvalue weighted by Crippen LogP contribution is 2.29. The number of halogens is 1. The Morgan fingerprint density at radius 1 is 1.18 bits per heavy atom. The van der Waals surface area contributed by atoms with Crippen LogP contribution in [0.2, 0.25) is 5.28 Å². The summed E-state index contributed by atoms with van der Waals surface area (Å²) in [6, 6.07) is -0.158. The van der Waals surface area contributed by atoms with Gasteiger partial charge in [0.25, 0.3) is 0 Å². The topological polar surface area (TPSA) is 70.1 Å². The first kappa shape index (κ1) is 17.4. The minimum absolute atomic E-state index is 0.158. The summed E-state index contributed by atoms with van der Waals surface area (Å²) in [4.78, 5) is 8.66. The predicted octanol–water partition coefficient (Wildman–Crippen LogP) is 2.76. The van der Waals surface area contributed by atoms with Crippen LogP contribution < -0.4 is 10.6 Å². The molecule has 3 N–H and O–H groups in total. The van der Waals surface area contributed by atoms with Crippen molar-refractivity contribution in [2.24, 2.45) is 5.92 Å². The zero-order chi connectivity index (χ0) is 16.5. The molecule has 0 radical (unpaired) electrons. The van der Waals surface area contributed by atoms with Crippen molar-refractivity contribution in [3.8, 4) is 0 Å². The van der Waals surface area contributed by atoms with Gasteiger partial charge in [0.05, 0.1) is 11.7 Å². The van der Waals surface area contributed by atoms with Crippen molar-refractivity contribution in [2.75, 3.05) is 5.32 Å².